The Morgan fingerprint density at radius 3 is 2.09 bits per heavy atom. The summed E-state index contributed by atoms with van der Waals surface area (Å²) in [6, 6.07) is 18.7. The molecule has 0 aliphatic carbocycles. The lowest BCUT2D eigenvalue weighted by molar-refractivity contribution is 0.102. The lowest BCUT2D eigenvalue weighted by atomic mass is 10.1. The van der Waals surface area contributed by atoms with E-state index in [2.05, 4.69) is 20.8 Å². The molecule has 0 unspecified atom stereocenters. The van der Waals surface area contributed by atoms with E-state index in [1.165, 1.54) is 33.5 Å². The quantitative estimate of drug-likeness (QED) is 0.388. The van der Waals surface area contributed by atoms with Gasteiger partial charge in [0.15, 0.2) is 11.5 Å². The maximum atomic E-state index is 13.0. The van der Waals surface area contributed by atoms with Crippen molar-refractivity contribution >= 4 is 23.5 Å². The zero-order chi connectivity index (χ0) is 24.8. The van der Waals surface area contributed by atoms with Crippen LogP contribution in [-0.4, -0.2) is 43.3 Å². The summed E-state index contributed by atoms with van der Waals surface area (Å²) >= 11 is 0. The molecule has 1 aromatic heterocycles. The summed E-state index contributed by atoms with van der Waals surface area (Å²) in [5, 5.41) is 13.1. The van der Waals surface area contributed by atoms with E-state index in [1.807, 2.05) is 30.3 Å². The summed E-state index contributed by atoms with van der Waals surface area (Å²) < 4.78 is 21.5. The number of methoxy groups -OCH3 is 3. The molecule has 0 saturated heterocycles. The fraction of sp³-hybridized carbons (Fsp3) is 0.120. The standard InChI is InChI=1S/C25H22N4O6/c1-32-19-13-16(14-20(33-2)21(19)34-3)22(30)26-18-12-8-7-11-17(18)23(31)27-25-29-28-24(35-25)15-9-5-4-6-10-15/h4-14H,1-3H3,(H,26,30)(H,27,29,31). The molecule has 0 fully saturated rings. The Balaban J connectivity index is 1.54. The van der Waals surface area contributed by atoms with Crippen molar-refractivity contribution in [1.29, 1.82) is 0 Å². The van der Waals surface area contributed by atoms with Gasteiger partial charge in [0.25, 0.3) is 11.8 Å². The Labute approximate surface area is 200 Å². The van der Waals surface area contributed by atoms with Gasteiger partial charge in [0.1, 0.15) is 0 Å². The Hall–Kier alpha value is -4.86. The van der Waals surface area contributed by atoms with Crippen molar-refractivity contribution < 1.29 is 28.2 Å². The third-order valence-electron chi connectivity index (χ3n) is 5.01. The van der Waals surface area contributed by atoms with Crippen molar-refractivity contribution in [3.8, 4) is 28.7 Å². The number of nitrogens with zero attached hydrogens (tertiary/aromatic N) is 2. The summed E-state index contributed by atoms with van der Waals surface area (Å²) in [5.41, 5.74) is 1.46. The number of rotatable bonds is 8. The molecule has 4 rings (SSSR count). The number of carbonyl (C=O) groups is 2. The molecule has 178 valence electrons. The van der Waals surface area contributed by atoms with Gasteiger partial charge in [0.05, 0.1) is 32.6 Å². The van der Waals surface area contributed by atoms with E-state index in [0.29, 0.717) is 17.2 Å². The molecular formula is C25H22N4O6. The van der Waals surface area contributed by atoms with Crippen LogP contribution in [0.2, 0.25) is 0 Å². The highest BCUT2D eigenvalue weighted by molar-refractivity contribution is 6.12. The zero-order valence-electron chi connectivity index (χ0n) is 19.2. The first kappa shape index (κ1) is 23.3. The van der Waals surface area contributed by atoms with E-state index in [9.17, 15) is 9.59 Å². The average Bonchev–Trinajstić information content (AvgIpc) is 3.36. The normalized spacial score (nSPS) is 10.4. The van der Waals surface area contributed by atoms with Gasteiger partial charge in [-0.25, -0.2) is 0 Å². The molecule has 0 bridgehead atoms. The molecule has 10 heteroatoms. The second kappa shape index (κ2) is 10.4. The van der Waals surface area contributed by atoms with Gasteiger partial charge < -0.3 is 23.9 Å². The van der Waals surface area contributed by atoms with E-state index in [-0.39, 0.29) is 28.7 Å². The fourth-order valence-electron chi connectivity index (χ4n) is 3.33. The molecule has 1 heterocycles. The molecule has 0 aliphatic rings. The van der Waals surface area contributed by atoms with Crippen molar-refractivity contribution in [1.82, 2.24) is 10.2 Å². The molecule has 3 aromatic carbocycles. The SMILES string of the molecule is COc1cc(C(=O)Nc2ccccc2C(=O)Nc2nnc(-c3ccccc3)o2)cc(OC)c1OC. The summed E-state index contributed by atoms with van der Waals surface area (Å²) in [7, 11) is 4.39. The van der Waals surface area contributed by atoms with Crippen LogP contribution in [-0.2, 0) is 0 Å². The zero-order valence-corrected chi connectivity index (χ0v) is 19.2. The number of para-hydroxylation sites is 1. The minimum atomic E-state index is -0.533. The van der Waals surface area contributed by atoms with Crippen LogP contribution in [0.15, 0.2) is 71.1 Å². The predicted octanol–water partition coefficient (Wildman–Crippen LogP) is 4.27. The van der Waals surface area contributed by atoms with E-state index >= 15 is 0 Å². The van der Waals surface area contributed by atoms with E-state index in [0.717, 1.165) is 5.56 Å². The van der Waals surface area contributed by atoms with Crippen LogP contribution >= 0.6 is 0 Å². The lowest BCUT2D eigenvalue weighted by Crippen LogP contribution is -2.18. The topological polar surface area (TPSA) is 125 Å². The van der Waals surface area contributed by atoms with Gasteiger partial charge in [0, 0.05) is 11.1 Å². The maximum absolute atomic E-state index is 13.0. The third-order valence-corrected chi connectivity index (χ3v) is 5.01. The van der Waals surface area contributed by atoms with Crippen molar-refractivity contribution in [2.75, 3.05) is 32.0 Å². The Morgan fingerprint density at radius 1 is 0.771 bits per heavy atom. The number of aromatic nitrogens is 2. The highest BCUT2D eigenvalue weighted by Gasteiger charge is 2.20. The predicted molar refractivity (Wildman–Crippen MR) is 128 cm³/mol. The number of nitrogens with one attached hydrogen (secondary N) is 2. The van der Waals surface area contributed by atoms with Gasteiger partial charge >= 0.3 is 6.01 Å². The molecule has 0 saturated carbocycles. The smallest absolute Gasteiger partial charge is 0.322 e. The Morgan fingerprint density at radius 2 is 1.43 bits per heavy atom. The van der Waals surface area contributed by atoms with Crippen molar-refractivity contribution in [2.45, 2.75) is 0 Å². The van der Waals surface area contributed by atoms with E-state index in [1.54, 1.807) is 24.3 Å². The Bertz CT molecular complexity index is 1330. The van der Waals surface area contributed by atoms with Crippen LogP contribution in [0.1, 0.15) is 20.7 Å². The van der Waals surface area contributed by atoms with Crippen molar-refractivity contribution in [3.63, 3.8) is 0 Å². The molecule has 35 heavy (non-hydrogen) atoms. The lowest BCUT2D eigenvalue weighted by Gasteiger charge is -2.15. The van der Waals surface area contributed by atoms with Gasteiger partial charge in [-0.2, -0.15) is 0 Å². The third kappa shape index (κ3) is 5.06. The second-order valence-electron chi connectivity index (χ2n) is 7.15. The molecule has 2 amide bonds. The minimum Gasteiger partial charge on any atom is -0.493 e. The first-order chi connectivity index (χ1) is 17.0. The fourth-order valence-corrected chi connectivity index (χ4v) is 3.33. The van der Waals surface area contributed by atoms with Crippen LogP contribution in [0.5, 0.6) is 17.2 Å². The molecule has 2 N–H and O–H groups in total. The van der Waals surface area contributed by atoms with Crippen LogP contribution in [0.4, 0.5) is 11.7 Å². The first-order valence-electron chi connectivity index (χ1n) is 10.4. The van der Waals surface area contributed by atoms with Gasteiger partial charge in [-0.15, -0.1) is 5.10 Å². The second-order valence-corrected chi connectivity index (χ2v) is 7.15. The van der Waals surface area contributed by atoms with Crippen molar-refractivity contribution in [2.24, 2.45) is 0 Å². The molecule has 4 aromatic rings. The largest absolute Gasteiger partial charge is 0.493 e. The maximum Gasteiger partial charge on any atom is 0.322 e. The van der Waals surface area contributed by atoms with Crippen LogP contribution < -0.4 is 24.8 Å². The van der Waals surface area contributed by atoms with Gasteiger partial charge in [0.2, 0.25) is 11.6 Å². The molecular weight excluding hydrogens is 452 g/mol. The summed E-state index contributed by atoms with van der Waals surface area (Å²) in [5.74, 6) is 0.274. The number of ether oxygens (including phenoxy) is 3. The van der Waals surface area contributed by atoms with E-state index < -0.39 is 11.8 Å². The summed E-state index contributed by atoms with van der Waals surface area (Å²) in [4.78, 5) is 25.9. The van der Waals surface area contributed by atoms with Gasteiger partial charge in [-0.1, -0.05) is 35.4 Å². The molecule has 0 aliphatic heterocycles. The van der Waals surface area contributed by atoms with Gasteiger partial charge in [-0.3, -0.25) is 14.9 Å². The number of benzene rings is 3. The van der Waals surface area contributed by atoms with Crippen LogP contribution in [0, 0.1) is 0 Å². The number of carbonyl (C=O) groups excluding carboxylic acids is 2. The summed E-state index contributed by atoms with van der Waals surface area (Å²) in [6.45, 7) is 0. The monoisotopic (exact) mass is 474 g/mol. The minimum absolute atomic E-state index is 0.0698. The molecule has 0 spiro atoms. The number of amides is 2. The molecule has 0 radical (unpaired) electrons. The average molecular weight is 474 g/mol. The van der Waals surface area contributed by atoms with E-state index in [4.69, 9.17) is 18.6 Å². The van der Waals surface area contributed by atoms with Crippen molar-refractivity contribution in [3.05, 3.63) is 77.9 Å². The molecule has 0 atom stereocenters. The summed E-state index contributed by atoms with van der Waals surface area (Å²) in [6.07, 6.45) is 0. The molecule has 10 nitrogen and oxygen atoms in total. The first-order valence-corrected chi connectivity index (χ1v) is 10.4. The highest BCUT2D eigenvalue weighted by Crippen LogP contribution is 2.38. The number of anilines is 2. The number of hydrogen-bond donors (Lipinski definition) is 2. The highest BCUT2D eigenvalue weighted by atomic mass is 16.5. The number of hydrogen-bond acceptors (Lipinski definition) is 8. The Kier molecular flexibility index (Phi) is 6.91. The van der Waals surface area contributed by atoms with Gasteiger partial charge in [-0.05, 0) is 36.4 Å². The van der Waals surface area contributed by atoms with Crippen LogP contribution in [0.25, 0.3) is 11.5 Å². The van der Waals surface area contributed by atoms with Crippen LogP contribution in [0.3, 0.4) is 0 Å².